The summed E-state index contributed by atoms with van der Waals surface area (Å²) in [6, 6.07) is 11.9. The van der Waals surface area contributed by atoms with Gasteiger partial charge in [0.2, 0.25) is 23.6 Å². The predicted octanol–water partition coefficient (Wildman–Crippen LogP) is 6.09. The third kappa shape index (κ3) is 11.5. The van der Waals surface area contributed by atoms with Gasteiger partial charge in [-0.3, -0.25) is 33.6 Å². The number of hydrogen-bond donors (Lipinski definition) is 5. The number of hydrogen-bond acceptors (Lipinski definition) is 14. The highest BCUT2D eigenvalue weighted by atomic mass is 35.5. The molecule has 5 aromatic rings. The number of nitrogens with zero attached hydrogens (tertiary/aromatic N) is 7. The van der Waals surface area contributed by atoms with Crippen LogP contribution >= 0.6 is 34.3 Å². The zero-order valence-electron chi connectivity index (χ0n) is 42.4. The van der Waals surface area contributed by atoms with Gasteiger partial charge in [0.05, 0.1) is 65.7 Å². The first kappa shape index (κ1) is 52.5. The minimum atomic E-state index is -0.993. The van der Waals surface area contributed by atoms with Crippen LogP contribution in [-0.4, -0.2) is 138 Å². The minimum Gasteiger partial charge on any atom is -0.394 e. The predicted molar refractivity (Wildman–Crippen MR) is 281 cm³/mol. The summed E-state index contributed by atoms with van der Waals surface area (Å²) >= 11 is 9.48. The second kappa shape index (κ2) is 21.8. The van der Waals surface area contributed by atoms with Crippen LogP contribution in [-0.2, 0) is 23.9 Å². The van der Waals surface area contributed by atoms with Gasteiger partial charge in [-0.25, -0.2) is 4.98 Å². The quantitative estimate of drug-likeness (QED) is 0.0809. The number of thiazole rings is 1. The number of aliphatic hydroxyl groups excluding tert-OH is 2. The van der Waals surface area contributed by atoms with E-state index in [1.165, 1.54) is 21.1 Å². The number of aryl methyl sites for hydroxylation is 3. The van der Waals surface area contributed by atoms with Gasteiger partial charge in [0.15, 0.2) is 5.82 Å². The molecule has 9 rings (SSSR count). The van der Waals surface area contributed by atoms with Crippen molar-refractivity contribution in [3.8, 4) is 15.4 Å². The monoisotopic (exact) mass is 1050 g/mol. The highest BCUT2D eigenvalue weighted by Gasteiger charge is 2.45. The first-order valence-electron chi connectivity index (χ1n) is 25.1. The number of thiophene rings is 1. The average Bonchev–Trinajstić information content (AvgIpc) is 4.11. The lowest BCUT2D eigenvalue weighted by Crippen LogP contribution is -2.59. The molecule has 4 aliphatic rings. The molecule has 2 saturated heterocycles. The minimum absolute atomic E-state index is 0.0130. The molecule has 388 valence electrons. The first-order valence-corrected chi connectivity index (χ1v) is 27.2. The van der Waals surface area contributed by atoms with Crippen LogP contribution < -0.4 is 16.0 Å². The van der Waals surface area contributed by atoms with Gasteiger partial charge in [0.1, 0.15) is 29.0 Å². The second-order valence-electron chi connectivity index (χ2n) is 21.0. The van der Waals surface area contributed by atoms with Crippen molar-refractivity contribution in [3.05, 3.63) is 104 Å². The molecule has 73 heavy (non-hydrogen) atoms. The Hall–Kier alpha value is -5.41. The number of carbonyl (C=O) groups is 4. The Morgan fingerprint density at radius 3 is 2.26 bits per heavy atom. The average molecular weight is 1050 g/mol. The number of nitrogens with one attached hydrogen (secondary N) is 3. The SMILES string of the molecule is Cc1ncsc1-c1ccc([C@@H](CO)NC(=O)[C@@H]2C[C@@H](O)CN2C(=O)[C@@H](NC(=O)CN2CCC(OC3CC(NC(=O)C[C@@H]4N=C(c5ccc(Cl)cc5)c5c(sc(C)c5C)-n5c(C)nnc54)C3)CC2)C(C)(C)C)cc1. The molecule has 17 nitrogen and oxygen atoms in total. The van der Waals surface area contributed by atoms with E-state index in [2.05, 4.69) is 49.9 Å². The number of ether oxygens (including phenoxy) is 1. The van der Waals surface area contributed by atoms with E-state index in [1.54, 1.807) is 16.8 Å². The molecule has 1 aliphatic carbocycles. The van der Waals surface area contributed by atoms with Crippen LogP contribution in [0.2, 0.25) is 5.02 Å². The number of fused-ring (bicyclic) bond motifs is 3. The zero-order chi connectivity index (χ0) is 51.9. The normalized spacial score (nSPS) is 22.1. The number of carbonyl (C=O) groups excluding carboxylic acids is 4. The first-order chi connectivity index (χ1) is 34.8. The van der Waals surface area contributed by atoms with Crippen molar-refractivity contribution in [3.63, 3.8) is 0 Å². The maximum absolute atomic E-state index is 14.3. The molecule has 20 heteroatoms. The van der Waals surface area contributed by atoms with Crippen LogP contribution in [0.1, 0.15) is 116 Å². The smallest absolute Gasteiger partial charge is 0.246 e. The lowest BCUT2D eigenvalue weighted by atomic mass is 9.85. The summed E-state index contributed by atoms with van der Waals surface area (Å²) in [6.07, 6.45) is 2.10. The maximum atomic E-state index is 14.3. The maximum Gasteiger partial charge on any atom is 0.246 e. The van der Waals surface area contributed by atoms with Gasteiger partial charge < -0.3 is 35.8 Å². The number of amides is 4. The van der Waals surface area contributed by atoms with Gasteiger partial charge in [-0.15, -0.1) is 32.9 Å². The summed E-state index contributed by atoms with van der Waals surface area (Å²) in [5.41, 5.74) is 7.53. The molecular weight excluding hydrogens is 988 g/mol. The standard InChI is InChI=1S/C53H65ClN10O7S2/c1-28-30(3)73-52-45(28)46(33-12-14-35(54)15-13-33)57-40(49-61-60-31(4)64(49)52)23-43(67)56-36-20-39(21-36)71-38-16-18-62(19-17-38)25-44(68)59-48(53(5,6)7)51(70)63-24-37(66)22-42(63)50(69)58-41(26-65)32-8-10-34(11-9-32)47-29(2)55-27-72-47/h8-15,27,36-42,48,65-66H,16-26H2,1-7H3,(H,56,67)(H,58,69)(H,59,68)/t36?,37-,39?,40+,41-,42+,48-/m1/s1. The Balaban J connectivity index is 0.740. The fourth-order valence-electron chi connectivity index (χ4n) is 10.3. The summed E-state index contributed by atoms with van der Waals surface area (Å²) in [4.78, 5) is 70.7. The molecule has 0 unspecified atom stereocenters. The summed E-state index contributed by atoms with van der Waals surface area (Å²) in [6.45, 7) is 14.6. The van der Waals surface area contributed by atoms with Crippen molar-refractivity contribution in [1.82, 2.24) is 45.5 Å². The third-order valence-corrected chi connectivity index (χ3v) is 17.0. The topological polar surface area (TPSA) is 216 Å². The largest absolute Gasteiger partial charge is 0.394 e. The van der Waals surface area contributed by atoms with Crippen LogP contribution in [0.15, 0.2) is 59.0 Å². The van der Waals surface area contributed by atoms with E-state index in [-0.39, 0.29) is 62.6 Å². The van der Waals surface area contributed by atoms with E-state index in [0.29, 0.717) is 42.3 Å². The lowest BCUT2D eigenvalue weighted by Gasteiger charge is -2.40. The van der Waals surface area contributed by atoms with Crippen molar-refractivity contribution >= 4 is 63.6 Å². The van der Waals surface area contributed by atoms with Gasteiger partial charge in [0, 0.05) is 53.1 Å². The second-order valence-corrected chi connectivity index (χ2v) is 23.5. The van der Waals surface area contributed by atoms with Crippen molar-refractivity contribution in [2.24, 2.45) is 10.4 Å². The fourth-order valence-corrected chi connectivity index (χ4v) is 12.5. The number of rotatable bonds is 15. The van der Waals surface area contributed by atoms with Gasteiger partial charge in [-0.05, 0) is 87.6 Å². The zero-order valence-corrected chi connectivity index (χ0v) is 44.7. The number of aliphatic imine (C=N–C) groups is 1. The molecule has 0 bridgehead atoms. The van der Waals surface area contributed by atoms with Crippen LogP contribution in [0.25, 0.3) is 15.4 Å². The number of β-amino-alcohol motifs (C(OH)–C–C–N with tert-alkyl or cyclic N) is 1. The number of aromatic nitrogens is 4. The number of piperidine rings is 1. The fraction of sp³-hybridized carbons (Fsp3) is 0.509. The third-order valence-electron chi connectivity index (χ3n) is 14.6. The van der Waals surface area contributed by atoms with Crippen molar-refractivity contribution in [2.45, 2.75) is 136 Å². The number of likely N-dealkylation sites (tertiary alicyclic amines) is 2. The number of halogens is 1. The van der Waals surface area contributed by atoms with Gasteiger partial charge in [-0.2, -0.15) is 0 Å². The van der Waals surface area contributed by atoms with E-state index in [9.17, 15) is 29.4 Å². The van der Waals surface area contributed by atoms with E-state index in [1.807, 2.05) is 87.7 Å². The van der Waals surface area contributed by atoms with E-state index < -0.39 is 47.5 Å². The van der Waals surface area contributed by atoms with E-state index in [0.717, 1.165) is 62.2 Å². The Bertz CT molecular complexity index is 2860. The number of aliphatic hydroxyl groups is 2. The molecule has 6 heterocycles. The molecule has 4 amide bonds. The van der Waals surface area contributed by atoms with Crippen LogP contribution in [0.3, 0.4) is 0 Å². The molecule has 5 N–H and O–H groups in total. The molecular formula is C53H65ClN10O7S2. The highest BCUT2D eigenvalue weighted by molar-refractivity contribution is 7.15. The molecule has 3 aliphatic heterocycles. The Morgan fingerprint density at radius 1 is 0.904 bits per heavy atom. The summed E-state index contributed by atoms with van der Waals surface area (Å²) in [5, 5.41) is 40.7. The Labute approximate surface area is 438 Å². The van der Waals surface area contributed by atoms with Crippen molar-refractivity contribution in [1.29, 1.82) is 0 Å². The van der Waals surface area contributed by atoms with Gasteiger partial charge >= 0.3 is 0 Å². The van der Waals surface area contributed by atoms with Crippen LogP contribution in [0.5, 0.6) is 0 Å². The number of benzene rings is 2. The van der Waals surface area contributed by atoms with E-state index in [4.69, 9.17) is 21.3 Å². The molecule has 0 radical (unpaired) electrons. The lowest BCUT2D eigenvalue weighted by molar-refractivity contribution is -0.144. The van der Waals surface area contributed by atoms with E-state index >= 15 is 0 Å². The van der Waals surface area contributed by atoms with Crippen LogP contribution in [0.4, 0.5) is 0 Å². The van der Waals surface area contributed by atoms with Crippen molar-refractivity contribution in [2.75, 3.05) is 32.8 Å². The molecule has 3 aromatic heterocycles. The van der Waals surface area contributed by atoms with Gasteiger partial charge in [0.25, 0.3) is 0 Å². The summed E-state index contributed by atoms with van der Waals surface area (Å²) in [7, 11) is 0. The Kier molecular flexibility index (Phi) is 15.7. The van der Waals surface area contributed by atoms with Gasteiger partial charge in [-0.1, -0.05) is 68.8 Å². The van der Waals surface area contributed by atoms with Crippen LogP contribution in [0, 0.1) is 33.1 Å². The molecule has 0 spiro atoms. The molecule has 5 atom stereocenters. The summed E-state index contributed by atoms with van der Waals surface area (Å²) in [5.74, 6) is -0.00152. The molecule has 1 saturated carbocycles. The van der Waals surface area contributed by atoms with Crippen molar-refractivity contribution < 1.29 is 34.1 Å². The summed E-state index contributed by atoms with van der Waals surface area (Å²) < 4.78 is 8.54. The highest BCUT2D eigenvalue weighted by Crippen LogP contribution is 2.40. The Morgan fingerprint density at radius 2 is 1.60 bits per heavy atom. The molecule has 2 aromatic carbocycles. The molecule has 3 fully saturated rings.